The van der Waals surface area contributed by atoms with Gasteiger partial charge in [0.25, 0.3) is 0 Å². The quantitative estimate of drug-likeness (QED) is 0.835. The summed E-state index contributed by atoms with van der Waals surface area (Å²) in [7, 11) is 1.71. The van der Waals surface area contributed by atoms with Gasteiger partial charge >= 0.3 is 0 Å². The highest BCUT2D eigenvalue weighted by atomic mass is 35.5. The van der Waals surface area contributed by atoms with Crippen LogP contribution in [0.5, 0.6) is 0 Å². The minimum absolute atomic E-state index is 0. The van der Waals surface area contributed by atoms with E-state index in [2.05, 4.69) is 6.92 Å². The lowest BCUT2D eigenvalue weighted by Crippen LogP contribution is -2.53. The Hall–Kier alpha value is -0.320. The lowest BCUT2D eigenvalue weighted by Gasteiger charge is -2.37. The number of methoxy groups -OCH3 is 1. The van der Waals surface area contributed by atoms with Gasteiger partial charge < -0.3 is 15.4 Å². The summed E-state index contributed by atoms with van der Waals surface area (Å²) in [5.41, 5.74) is 5.88. The summed E-state index contributed by atoms with van der Waals surface area (Å²) in [5, 5.41) is 0. The monoisotopic (exact) mass is 264 g/mol. The molecule has 1 fully saturated rings. The first kappa shape index (κ1) is 16.7. The van der Waals surface area contributed by atoms with Crippen molar-refractivity contribution in [3.63, 3.8) is 0 Å². The minimum Gasteiger partial charge on any atom is -0.379 e. The van der Waals surface area contributed by atoms with Gasteiger partial charge in [-0.3, -0.25) is 4.79 Å². The van der Waals surface area contributed by atoms with Crippen LogP contribution in [0.1, 0.15) is 27.2 Å². The largest absolute Gasteiger partial charge is 0.379 e. The molecule has 17 heavy (non-hydrogen) atoms. The second-order valence-corrected chi connectivity index (χ2v) is 5.09. The highest BCUT2D eigenvalue weighted by Crippen LogP contribution is 2.20. The number of piperidine rings is 1. The molecule has 0 aromatic rings. The van der Waals surface area contributed by atoms with Crippen molar-refractivity contribution in [3.05, 3.63) is 0 Å². The Morgan fingerprint density at radius 1 is 1.47 bits per heavy atom. The van der Waals surface area contributed by atoms with E-state index in [1.807, 2.05) is 18.7 Å². The van der Waals surface area contributed by atoms with Gasteiger partial charge in [0.15, 0.2) is 0 Å². The average molecular weight is 265 g/mol. The van der Waals surface area contributed by atoms with Gasteiger partial charge in [0.05, 0.1) is 12.1 Å². The van der Waals surface area contributed by atoms with Crippen LogP contribution < -0.4 is 5.73 Å². The predicted octanol–water partition coefficient (Wildman–Crippen LogP) is 1.27. The van der Waals surface area contributed by atoms with Crippen molar-refractivity contribution in [1.29, 1.82) is 0 Å². The van der Waals surface area contributed by atoms with E-state index in [1.54, 1.807) is 7.11 Å². The third-order valence-electron chi connectivity index (χ3n) is 3.51. The van der Waals surface area contributed by atoms with Crippen LogP contribution in [-0.2, 0) is 9.53 Å². The first-order valence-corrected chi connectivity index (χ1v) is 6.04. The molecule has 0 aromatic heterocycles. The first-order valence-electron chi connectivity index (χ1n) is 6.04. The Bertz CT molecular complexity index is 249. The maximum atomic E-state index is 12.1. The molecule has 1 aliphatic heterocycles. The van der Waals surface area contributed by atoms with E-state index in [0.717, 1.165) is 13.0 Å². The Labute approximate surface area is 110 Å². The van der Waals surface area contributed by atoms with Crippen molar-refractivity contribution in [3.8, 4) is 0 Å². The molecular weight excluding hydrogens is 240 g/mol. The summed E-state index contributed by atoms with van der Waals surface area (Å²) in [6.07, 6.45) is 1.15. The van der Waals surface area contributed by atoms with Gasteiger partial charge in [0.2, 0.25) is 5.91 Å². The zero-order valence-electron chi connectivity index (χ0n) is 11.2. The number of carbonyl (C=O) groups is 1. The van der Waals surface area contributed by atoms with Crippen LogP contribution in [0.3, 0.4) is 0 Å². The van der Waals surface area contributed by atoms with E-state index >= 15 is 0 Å². The molecule has 3 atom stereocenters. The zero-order valence-corrected chi connectivity index (χ0v) is 12.0. The second-order valence-electron chi connectivity index (χ2n) is 5.09. The van der Waals surface area contributed by atoms with Gasteiger partial charge in [0, 0.05) is 20.2 Å². The number of halogens is 1. The Morgan fingerprint density at radius 2 is 2.06 bits per heavy atom. The van der Waals surface area contributed by atoms with E-state index in [4.69, 9.17) is 10.5 Å². The van der Waals surface area contributed by atoms with Gasteiger partial charge in [-0.2, -0.15) is 0 Å². The molecule has 1 heterocycles. The molecule has 0 bridgehead atoms. The van der Waals surface area contributed by atoms with Crippen molar-refractivity contribution in [1.82, 2.24) is 4.90 Å². The van der Waals surface area contributed by atoms with Crippen LogP contribution in [0.2, 0.25) is 0 Å². The molecule has 4 nitrogen and oxygen atoms in total. The van der Waals surface area contributed by atoms with E-state index in [-0.39, 0.29) is 36.4 Å². The molecule has 1 aliphatic rings. The predicted molar refractivity (Wildman–Crippen MR) is 71.2 cm³/mol. The van der Waals surface area contributed by atoms with E-state index < -0.39 is 0 Å². The van der Waals surface area contributed by atoms with Crippen LogP contribution in [0.4, 0.5) is 0 Å². The fourth-order valence-corrected chi connectivity index (χ4v) is 2.04. The van der Waals surface area contributed by atoms with Crippen molar-refractivity contribution in [2.24, 2.45) is 17.6 Å². The van der Waals surface area contributed by atoms with Gasteiger partial charge in [-0.05, 0) is 18.3 Å². The van der Waals surface area contributed by atoms with Crippen LogP contribution >= 0.6 is 12.4 Å². The molecule has 2 N–H and O–H groups in total. The van der Waals surface area contributed by atoms with Crippen LogP contribution in [-0.4, -0.2) is 43.2 Å². The zero-order chi connectivity index (χ0) is 12.3. The summed E-state index contributed by atoms with van der Waals surface area (Å²) in [6.45, 7) is 7.60. The molecule has 2 unspecified atom stereocenters. The lowest BCUT2D eigenvalue weighted by molar-refractivity contribution is -0.138. The number of amides is 1. The van der Waals surface area contributed by atoms with Crippen LogP contribution in [0.25, 0.3) is 0 Å². The van der Waals surface area contributed by atoms with Gasteiger partial charge in [-0.15, -0.1) is 12.4 Å². The average Bonchev–Trinajstić information content (AvgIpc) is 2.27. The third-order valence-corrected chi connectivity index (χ3v) is 3.51. The standard InChI is InChI=1S/C12H24N2O2.ClH/c1-8(2)11(13)12(15)14-6-5-9(3)10(7-14)16-4;/h8-11H,5-7,13H2,1-4H3;1H/t9?,10?,11-;/m1./s1. The molecule has 0 aliphatic carbocycles. The number of rotatable bonds is 3. The lowest BCUT2D eigenvalue weighted by atomic mass is 9.94. The van der Waals surface area contributed by atoms with Gasteiger partial charge in [-0.25, -0.2) is 0 Å². The fraction of sp³-hybridized carbons (Fsp3) is 0.917. The minimum atomic E-state index is -0.383. The summed E-state index contributed by atoms with van der Waals surface area (Å²) >= 11 is 0. The van der Waals surface area contributed by atoms with Crippen molar-refractivity contribution in [2.75, 3.05) is 20.2 Å². The van der Waals surface area contributed by atoms with E-state index in [9.17, 15) is 4.79 Å². The number of hydrogen-bond acceptors (Lipinski definition) is 3. The molecular formula is C12H25ClN2O2. The van der Waals surface area contributed by atoms with Crippen LogP contribution in [0.15, 0.2) is 0 Å². The molecule has 0 aromatic carbocycles. The smallest absolute Gasteiger partial charge is 0.239 e. The Balaban J connectivity index is 0.00000256. The maximum absolute atomic E-state index is 12.1. The number of carbonyl (C=O) groups excluding carboxylic acids is 1. The Morgan fingerprint density at radius 3 is 2.53 bits per heavy atom. The summed E-state index contributed by atoms with van der Waals surface area (Å²) in [5.74, 6) is 0.765. The number of likely N-dealkylation sites (tertiary alicyclic amines) is 1. The third kappa shape index (κ3) is 4.12. The number of hydrogen-bond donors (Lipinski definition) is 1. The molecule has 0 radical (unpaired) electrons. The van der Waals surface area contributed by atoms with Gasteiger partial charge in [0.1, 0.15) is 0 Å². The Kier molecular flexibility index (Phi) is 7.05. The highest BCUT2D eigenvalue weighted by Gasteiger charge is 2.31. The first-order chi connectivity index (χ1) is 7.47. The highest BCUT2D eigenvalue weighted by molar-refractivity contribution is 5.85. The number of nitrogens with two attached hydrogens (primary N) is 1. The summed E-state index contributed by atoms with van der Waals surface area (Å²) in [6, 6.07) is -0.383. The number of ether oxygens (including phenoxy) is 1. The van der Waals surface area contributed by atoms with E-state index in [1.165, 1.54) is 0 Å². The van der Waals surface area contributed by atoms with Crippen molar-refractivity contribution < 1.29 is 9.53 Å². The molecule has 0 saturated carbocycles. The van der Waals surface area contributed by atoms with Crippen LogP contribution in [0, 0.1) is 11.8 Å². The normalized spacial score (nSPS) is 26.6. The van der Waals surface area contributed by atoms with Gasteiger partial charge in [-0.1, -0.05) is 20.8 Å². The second kappa shape index (κ2) is 7.19. The van der Waals surface area contributed by atoms with E-state index in [0.29, 0.717) is 12.5 Å². The van der Waals surface area contributed by atoms with Crippen molar-refractivity contribution >= 4 is 18.3 Å². The molecule has 102 valence electrons. The number of nitrogens with zero attached hydrogens (tertiary/aromatic N) is 1. The maximum Gasteiger partial charge on any atom is 0.239 e. The molecule has 1 rings (SSSR count). The molecule has 0 spiro atoms. The topological polar surface area (TPSA) is 55.6 Å². The molecule has 1 amide bonds. The SMILES string of the molecule is COC1CN(C(=O)[C@H](N)C(C)C)CCC1C.Cl. The summed E-state index contributed by atoms with van der Waals surface area (Å²) in [4.78, 5) is 13.9. The summed E-state index contributed by atoms with van der Waals surface area (Å²) < 4.78 is 5.39. The van der Waals surface area contributed by atoms with Crippen molar-refractivity contribution in [2.45, 2.75) is 39.3 Å². The fourth-order valence-electron chi connectivity index (χ4n) is 2.04. The molecule has 5 heteroatoms. The molecule has 1 saturated heterocycles.